The van der Waals surface area contributed by atoms with Crippen LogP contribution in [0.1, 0.15) is 12.0 Å². The number of carbonyl (C=O) groups is 1. The fourth-order valence-corrected chi connectivity index (χ4v) is 1.79. The lowest BCUT2D eigenvalue weighted by Crippen LogP contribution is -2.13. The fraction of sp³-hybridized carbons (Fsp3) is 0.125. The summed E-state index contributed by atoms with van der Waals surface area (Å²) < 4.78 is 5.41. The lowest BCUT2D eigenvalue weighted by molar-refractivity contribution is -0.144. The maximum atomic E-state index is 10.8. The summed E-state index contributed by atoms with van der Waals surface area (Å²) in [5.74, 6) is 4.89. The maximum absolute atomic E-state index is 10.8. The summed E-state index contributed by atoms with van der Waals surface area (Å²) >= 11 is 0. The molecule has 0 bridgehead atoms. The molecule has 106 valence electrons. The monoisotopic (exact) mass is 282 g/mol. The Kier molecular flexibility index (Phi) is 4.91. The molecule has 0 saturated heterocycles. The molecule has 0 spiro atoms. The molecule has 0 fully saturated rings. The third-order valence-electron chi connectivity index (χ3n) is 2.91. The number of nitrogens with zero attached hydrogens (tertiary/aromatic N) is 1. The number of hydrogen-bond acceptors (Lipinski definition) is 5. The molecule has 5 heteroatoms. The van der Waals surface area contributed by atoms with Crippen molar-refractivity contribution in [3.8, 4) is 22.9 Å². The molecule has 0 saturated carbocycles. The standard InChI is InChI=1S/C16H14N2O3/c17-11-12-1-3-13(4-2-12)14-5-7-15(8-6-14)20-10-9-16(19)21-18/h1-8H,9-10,18H2. The van der Waals surface area contributed by atoms with E-state index in [9.17, 15) is 4.79 Å². The average Bonchev–Trinajstić information content (AvgIpc) is 2.55. The summed E-state index contributed by atoms with van der Waals surface area (Å²) in [6.07, 6.45) is 0.105. The zero-order valence-corrected chi connectivity index (χ0v) is 11.3. The largest absolute Gasteiger partial charge is 0.493 e. The second kappa shape index (κ2) is 7.08. The molecule has 0 aromatic heterocycles. The Bertz CT molecular complexity index is 643. The van der Waals surface area contributed by atoms with Crippen molar-refractivity contribution in [2.45, 2.75) is 6.42 Å². The van der Waals surface area contributed by atoms with Gasteiger partial charge in [0, 0.05) is 0 Å². The van der Waals surface area contributed by atoms with Crippen molar-refractivity contribution in [1.29, 1.82) is 5.26 Å². The summed E-state index contributed by atoms with van der Waals surface area (Å²) in [6.45, 7) is 0.215. The zero-order valence-electron chi connectivity index (χ0n) is 11.3. The molecular weight excluding hydrogens is 268 g/mol. The number of rotatable bonds is 5. The van der Waals surface area contributed by atoms with Crippen molar-refractivity contribution in [2.24, 2.45) is 5.90 Å². The highest BCUT2D eigenvalue weighted by Crippen LogP contribution is 2.22. The maximum Gasteiger partial charge on any atom is 0.327 e. The van der Waals surface area contributed by atoms with Crippen LogP contribution in [0.4, 0.5) is 0 Å². The highest BCUT2D eigenvalue weighted by atomic mass is 16.7. The fourth-order valence-electron chi connectivity index (χ4n) is 1.79. The van der Waals surface area contributed by atoms with E-state index in [1.165, 1.54) is 0 Å². The van der Waals surface area contributed by atoms with Crippen LogP contribution >= 0.6 is 0 Å². The lowest BCUT2D eigenvalue weighted by atomic mass is 10.0. The molecule has 2 aromatic rings. The molecule has 0 atom stereocenters. The molecule has 2 rings (SSSR count). The van der Waals surface area contributed by atoms with E-state index in [1.54, 1.807) is 12.1 Å². The molecule has 5 nitrogen and oxygen atoms in total. The van der Waals surface area contributed by atoms with Crippen LogP contribution in [0.5, 0.6) is 5.75 Å². The van der Waals surface area contributed by atoms with E-state index in [0.717, 1.165) is 11.1 Å². The molecule has 0 aliphatic heterocycles. The Labute approximate surface area is 122 Å². The van der Waals surface area contributed by atoms with Crippen molar-refractivity contribution < 1.29 is 14.4 Å². The third kappa shape index (κ3) is 4.06. The van der Waals surface area contributed by atoms with Crippen LogP contribution in [0.3, 0.4) is 0 Å². The lowest BCUT2D eigenvalue weighted by Gasteiger charge is -2.07. The first-order valence-corrected chi connectivity index (χ1v) is 6.36. The van der Waals surface area contributed by atoms with E-state index in [-0.39, 0.29) is 13.0 Å². The van der Waals surface area contributed by atoms with E-state index in [2.05, 4.69) is 10.9 Å². The van der Waals surface area contributed by atoms with Gasteiger partial charge in [0.15, 0.2) is 0 Å². The first-order valence-electron chi connectivity index (χ1n) is 6.36. The molecule has 0 unspecified atom stereocenters. The minimum absolute atomic E-state index is 0.105. The van der Waals surface area contributed by atoms with Crippen LogP contribution < -0.4 is 10.6 Å². The van der Waals surface area contributed by atoms with E-state index in [0.29, 0.717) is 11.3 Å². The van der Waals surface area contributed by atoms with E-state index in [4.69, 9.17) is 15.9 Å². The van der Waals surface area contributed by atoms with Gasteiger partial charge >= 0.3 is 5.97 Å². The van der Waals surface area contributed by atoms with Crippen LogP contribution in [-0.2, 0) is 9.63 Å². The topological polar surface area (TPSA) is 85.3 Å². The van der Waals surface area contributed by atoms with E-state index >= 15 is 0 Å². The Morgan fingerprint density at radius 2 is 1.62 bits per heavy atom. The van der Waals surface area contributed by atoms with Crippen LogP contribution in [0.25, 0.3) is 11.1 Å². The summed E-state index contributed by atoms with van der Waals surface area (Å²) in [7, 11) is 0. The van der Waals surface area contributed by atoms with Gasteiger partial charge in [-0.1, -0.05) is 24.3 Å². The van der Waals surface area contributed by atoms with Gasteiger partial charge in [0.1, 0.15) is 5.75 Å². The number of nitriles is 1. The van der Waals surface area contributed by atoms with Gasteiger partial charge in [-0.25, -0.2) is 0 Å². The molecule has 21 heavy (non-hydrogen) atoms. The number of hydrogen-bond donors (Lipinski definition) is 1. The van der Waals surface area contributed by atoms with Crippen molar-refractivity contribution in [3.05, 3.63) is 54.1 Å². The third-order valence-corrected chi connectivity index (χ3v) is 2.91. The second-order valence-corrected chi connectivity index (χ2v) is 4.30. The molecule has 0 aliphatic rings. The molecule has 2 aromatic carbocycles. The predicted octanol–water partition coefficient (Wildman–Crippen LogP) is 2.41. The van der Waals surface area contributed by atoms with Gasteiger partial charge in [0.05, 0.1) is 24.7 Å². The van der Waals surface area contributed by atoms with Crippen molar-refractivity contribution in [2.75, 3.05) is 6.61 Å². The van der Waals surface area contributed by atoms with E-state index in [1.807, 2.05) is 36.4 Å². The second-order valence-electron chi connectivity index (χ2n) is 4.30. The molecule has 0 aliphatic carbocycles. The van der Waals surface area contributed by atoms with Gasteiger partial charge in [-0.3, -0.25) is 4.79 Å². The summed E-state index contributed by atoms with van der Waals surface area (Å²) in [5.41, 5.74) is 2.67. The minimum atomic E-state index is -0.510. The van der Waals surface area contributed by atoms with E-state index < -0.39 is 5.97 Å². The van der Waals surface area contributed by atoms with Gasteiger partial charge in [-0.05, 0) is 35.4 Å². The van der Waals surface area contributed by atoms with Crippen LogP contribution in [0, 0.1) is 11.3 Å². The molecule has 0 radical (unpaired) electrons. The van der Waals surface area contributed by atoms with Crippen LogP contribution in [0.2, 0.25) is 0 Å². The summed E-state index contributed by atoms with van der Waals surface area (Å²) in [4.78, 5) is 14.9. The quantitative estimate of drug-likeness (QED) is 0.851. The summed E-state index contributed by atoms with van der Waals surface area (Å²) in [6, 6.07) is 16.9. The smallest absolute Gasteiger partial charge is 0.327 e. The molecule has 0 amide bonds. The van der Waals surface area contributed by atoms with Crippen molar-refractivity contribution >= 4 is 5.97 Å². The SMILES string of the molecule is N#Cc1ccc(-c2ccc(OCCC(=O)ON)cc2)cc1. The van der Waals surface area contributed by atoms with Gasteiger partial charge in [-0.15, -0.1) is 0 Å². The normalized spacial score (nSPS) is 9.71. The van der Waals surface area contributed by atoms with Gasteiger partial charge in [0.25, 0.3) is 0 Å². The summed E-state index contributed by atoms with van der Waals surface area (Å²) in [5, 5.41) is 8.77. The number of benzene rings is 2. The van der Waals surface area contributed by atoms with Crippen molar-refractivity contribution in [1.82, 2.24) is 0 Å². The average molecular weight is 282 g/mol. The number of carbonyl (C=O) groups excluding carboxylic acids is 1. The first-order chi connectivity index (χ1) is 10.2. The van der Waals surface area contributed by atoms with Gasteiger partial charge < -0.3 is 9.57 Å². The Hall–Kier alpha value is -2.84. The Morgan fingerprint density at radius 3 is 2.14 bits per heavy atom. The van der Waals surface area contributed by atoms with Crippen LogP contribution in [0.15, 0.2) is 48.5 Å². The van der Waals surface area contributed by atoms with Crippen LogP contribution in [-0.4, -0.2) is 12.6 Å². The molecule has 2 N–H and O–H groups in total. The van der Waals surface area contributed by atoms with Crippen molar-refractivity contribution in [3.63, 3.8) is 0 Å². The predicted molar refractivity (Wildman–Crippen MR) is 77.0 cm³/mol. The molecular formula is C16H14N2O3. The number of ether oxygens (including phenoxy) is 1. The Morgan fingerprint density at radius 1 is 1.05 bits per heavy atom. The zero-order chi connectivity index (χ0) is 15.1. The molecule has 0 heterocycles. The Balaban J connectivity index is 1.98. The van der Waals surface area contributed by atoms with Gasteiger partial charge in [0.2, 0.25) is 0 Å². The minimum Gasteiger partial charge on any atom is -0.493 e. The number of nitrogens with two attached hydrogens (primary N) is 1. The highest BCUT2D eigenvalue weighted by molar-refractivity contribution is 5.69. The van der Waals surface area contributed by atoms with Gasteiger partial charge in [-0.2, -0.15) is 11.2 Å². The highest BCUT2D eigenvalue weighted by Gasteiger charge is 2.02. The first kappa shape index (κ1) is 14.6.